The first-order valence-corrected chi connectivity index (χ1v) is 9.70. The van der Waals surface area contributed by atoms with Gasteiger partial charge in [-0.25, -0.2) is 0 Å². The molecule has 5 heteroatoms. The Kier molecular flexibility index (Phi) is 5.63. The fourth-order valence-electron chi connectivity index (χ4n) is 3.85. The summed E-state index contributed by atoms with van der Waals surface area (Å²) in [5, 5.41) is 0. The minimum atomic E-state index is 0.0220. The molecule has 1 saturated heterocycles. The van der Waals surface area contributed by atoms with E-state index in [1.54, 1.807) is 7.11 Å². The van der Waals surface area contributed by atoms with Crippen LogP contribution in [-0.4, -0.2) is 44.2 Å². The number of ketones is 1. The highest BCUT2D eigenvalue weighted by Gasteiger charge is 2.27. The van der Waals surface area contributed by atoms with Crippen molar-refractivity contribution in [3.63, 3.8) is 0 Å². The molecule has 0 aliphatic carbocycles. The Morgan fingerprint density at radius 2 is 2.07 bits per heavy atom. The van der Waals surface area contributed by atoms with Crippen molar-refractivity contribution in [3.05, 3.63) is 59.7 Å². The van der Waals surface area contributed by atoms with Gasteiger partial charge in [-0.1, -0.05) is 30.4 Å². The highest BCUT2D eigenvalue weighted by Crippen LogP contribution is 2.33. The average Bonchev–Trinajstić information content (AvgIpc) is 3.21. The molecule has 0 N–H and O–H groups in total. The summed E-state index contributed by atoms with van der Waals surface area (Å²) in [4.78, 5) is 15.3. The fraction of sp³-hybridized carbons (Fsp3) is 0.348. The summed E-state index contributed by atoms with van der Waals surface area (Å²) >= 11 is 0. The monoisotopic (exact) mass is 379 g/mol. The van der Waals surface area contributed by atoms with Crippen molar-refractivity contribution >= 4 is 11.9 Å². The third-order valence-electron chi connectivity index (χ3n) is 5.33. The highest BCUT2D eigenvalue weighted by atomic mass is 16.7. The van der Waals surface area contributed by atoms with Crippen molar-refractivity contribution in [2.24, 2.45) is 5.92 Å². The second-order valence-corrected chi connectivity index (χ2v) is 7.18. The molecule has 1 atom stereocenters. The number of hydrogen-bond acceptors (Lipinski definition) is 5. The van der Waals surface area contributed by atoms with E-state index in [1.165, 1.54) is 0 Å². The summed E-state index contributed by atoms with van der Waals surface area (Å²) in [6.45, 7) is 2.84. The van der Waals surface area contributed by atoms with Crippen LogP contribution in [0.25, 0.3) is 6.08 Å². The van der Waals surface area contributed by atoms with Gasteiger partial charge >= 0.3 is 0 Å². The Bertz CT molecular complexity index is 877. The Morgan fingerprint density at radius 3 is 2.96 bits per heavy atom. The predicted molar refractivity (Wildman–Crippen MR) is 108 cm³/mol. The lowest BCUT2D eigenvalue weighted by Crippen LogP contribution is -2.38. The number of fused-ring (bicyclic) bond motifs is 1. The summed E-state index contributed by atoms with van der Waals surface area (Å²) in [5.41, 5.74) is 1.77. The smallest absolute Gasteiger partial charge is 0.231 e. The zero-order chi connectivity index (χ0) is 19.3. The summed E-state index contributed by atoms with van der Waals surface area (Å²) in [6, 6.07) is 13.4. The van der Waals surface area contributed by atoms with E-state index in [4.69, 9.17) is 14.2 Å². The van der Waals surface area contributed by atoms with Crippen LogP contribution < -0.4 is 14.2 Å². The standard InChI is InChI=1S/C23H25NO4/c1-26-20-9-3-2-6-17(20)7-4-12-24-13-5-8-19(15-24)23(25)18-10-11-21-22(14-18)28-16-27-21/h2-4,6-7,9-11,14,19H,5,8,12-13,15-16H2,1H3/b7-4+. The maximum absolute atomic E-state index is 13.0. The van der Waals surface area contributed by atoms with Gasteiger partial charge < -0.3 is 14.2 Å². The van der Waals surface area contributed by atoms with Gasteiger partial charge in [0.15, 0.2) is 17.3 Å². The summed E-state index contributed by atoms with van der Waals surface area (Å²) < 4.78 is 16.1. The van der Waals surface area contributed by atoms with Gasteiger partial charge in [0.25, 0.3) is 0 Å². The van der Waals surface area contributed by atoms with E-state index in [1.807, 2.05) is 42.5 Å². The molecular formula is C23H25NO4. The molecule has 0 spiro atoms. The second kappa shape index (κ2) is 8.48. The van der Waals surface area contributed by atoms with Crippen molar-refractivity contribution in [2.45, 2.75) is 12.8 Å². The molecule has 0 radical (unpaired) electrons. The summed E-state index contributed by atoms with van der Waals surface area (Å²) in [7, 11) is 1.68. The molecule has 2 aromatic carbocycles. The summed E-state index contributed by atoms with van der Waals surface area (Å²) in [5.74, 6) is 2.46. The Balaban J connectivity index is 1.37. The van der Waals surface area contributed by atoms with Crippen molar-refractivity contribution in [1.29, 1.82) is 0 Å². The molecule has 28 heavy (non-hydrogen) atoms. The number of Topliss-reactive ketones (excluding diaryl/α,β-unsaturated/α-hetero) is 1. The van der Waals surface area contributed by atoms with Crippen molar-refractivity contribution in [1.82, 2.24) is 4.90 Å². The first kappa shape index (κ1) is 18.6. The van der Waals surface area contributed by atoms with Crippen LogP contribution in [0.5, 0.6) is 17.2 Å². The number of methoxy groups -OCH3 is 1. The SMILES string of the molecule is COc1ccccc1/C=C/CN1CCCC(C(=O)c2ccc3c(c2)OCO3)C1. The van der Waals surface area contributed by atoms with Crippen LogP contribution >= 0.6 is 0 Å². The number of carbonyl (C=O) groups excluding carboxylic acids is 1. The van der Waals surface area contributed by atoms with E-state index in [-0.39, 0.29) is 18.5 Å². The fourth-order valence-corrected chi connectivity index (χ4v) is 3.85. The molecule has 2 aromatic rings. The van der Waals surface area contributed by atoms with E-state index in [0.29, 0.717) is 17.1 Å². The second-order valence-electron chi connectivity index (χ2n) is 7.18. The van der Waals surface area contributed by atoms with Gasteiger partial charge in [0.05, 0.1) is 7.11 Å². The van der Waals surface area contributed by atoms with Gasteiger partial charge in [-0.15, -0.1) is 0 Å². The van der Waals surface area contributed by atoms with Crippen LogP contribution in [0.1, 0.15) is 28.8 Å². The molecule has 2 heterocycles. The quantitative estimate of drug-likeness (QED) is 0.709. The number of ether oxygens (including phenoxy) is 3. The van der Waals surface area contributed by atoms with Crippen LogP contribution in [0.3, 0.4) is 0 Å². The van der Waals surface area contributed by atoms with Crippen LogP contribution in [-0.2, 0) is 0 Å². The largest absolute Gasteiger partial charge is 0.496 e. The normalized spacial score (nSPS) is 19.1. The first-order valence-electron chi connectivity index (χ1n) is 9.70. The van der Waals surface area contributed by atoms with Gasteiger partial charge in [-0.3, -0.25) is 9.69 Å². The lowest BCUT2D eigenvalue weighted by atomic mass is 9.90. The van der Waals surface area contributed by atoms with Crippen LogP contribution in [0.4, 0.5) is 0 Å². The number of benzene rings is 2. The maximum atomic E-state index is 13.0. The number of likely N-dealkylation sites (tertiary alicyclic amines) is 1. The number of rotatable bonds is 6. The molecule has 0 saturated carbocycles. The lowest BCUT2D eigenvalue weighted by molar-refractivity contribution is 0.0831. The predicted octanol–water partition coefficient (Wildman–Crippen LogP) is 4.03. The molecule has 0 aromatic heterocycles. The van der Waals surface area contributed by atoms with Crippen molar-refractivity contribution in [3.8, 4) is 17.2 Å². The molecule has 2 aliphatic rings. The number of carbonyl (C=O) groups is 1. The van der Waals surface area contributed by atoms with E-state index in [9.17, 15) is 4.79 Å². The van der Waals surface area contributed by atoms with Gasteiger partial charge in [-0.2, -0.15) is 0 Å². The van der Waals surface area contributed by atoms with E-state index < -0.39 is 0 Å². The van der Waals surface area contributed by atoms with Crippen LogP contribution in [0.15, 0.2) is 48.5 Å². The number of nitrogens with zero attached hydrogens (tertiary/aromatic N) is 1. The Morgan fingerprint density at radius 1 is 1.21 bits per heavy atom. The Labute approximate surface area is 165 Å². The first-order chi connectivity index (χ1) is 13.7. The van der Waals surface area contributed by atoms with Gasteiger partial charge in [0.1, 0.15) is 5.75 Å². The molecule has 146 valence electrons. The Hall–Kier alpha value is -2.79. The number of hydrogen-bond donors (Lipinski definition) is 0. The zero-order valence-electron chi connectivity index (χ0n) is 16.1. The average molecular weight is 379 g/mol. The number of para-hydroxylation sites is 1. The zero-order valence-corrected chi connectivity index (χ0v) is 16.1. The third-order valence-corrected chi connectivity index (χ3v) is 5.33. The van der Waals surface area contributed by atoms with Crippen LogP contribution in [0, 0.1) is 5.92 Å². The van der Waals surface area contributed by atoms with Crippen molar-refractivity contribution in [2.75, 3.05) is 33.5 Å². The molecule has 2 aliphatic heterocycles. The van der Waals surface area contributed by atoms with Gasteiger partial charge in [0.2, 0.25) is 6.79 Å². The molecule has 5 nitrogen and oxygen atoms in total. The van der Waals surface area contributed by atoms with E-state index in [2.05, 4.69) is 17.1 Å². The van der Waals surface area contributed by atoms with Crippen molar-refractivity contribution < 1.29 is 19.0 Å². The maximum Gasteiger partial charge on any atom is 0.231 e. The van der Waals surface area contributed by atoms with Gasteiger partial charge in [0, 0.05) is 30.1 Å². The molecule has 0 amide bonds. The lowest BCUT2D eigenvalue weighted by Gasteiger charge is -2.31. The van der Waals surface area contributed by atoms with E-state index in [0.717, 1.165) is 43.8 Å². The van der Waals surface area contributed by atoms with Gasteiger partial charge in [-0.05, 0) is 43.7 Å². The number of piperidine rings is 1. The molecule has 0 bridgehead atoms. The topological polar surface area (TPSA) is 48.0 Å². The molecule has 1 unspecified atom stereocenters. The molecular weight excluding hydrogens is 354 g/mol. The molecule has 1 fully saturated rings. The third kappa shape index (κ3) is 4.04. The van der Waals surface area contributed by atoms with E-state index >= 15 is 0 Å². The molecule has 4 rings (SSSR count). The minimum Gasteiger partial charge on any atom is -0.496 e. The highest BCUT2D eigenvalue weighted by molar-refractivity contribution is 5.98. The van der Waals surface area contributed by atoms with Crippen LogP contribution in [0.2, 0.25) is 0 Å². The minimum absolute atomic E-state index is 0.0220. The summed E-state index contributed by atoms with van der Waals surface area (Å²) in [6.07, 6.45) is 6.19.